The van der Waals surface area contributed by atoms with Gasteiger partial charge in [-0.25, -0.2) is 9.97 Å². The maximum Gasteiger partial charge on any atom is 0.162 e. The fourth-order valence-corrected chi connectivity index (χ4v) is 4.87. The zero-order valence-corrected chi connectivity index (χ0v) is 17.6. The van der Waals surface area contributed by atoms with Gasteiger partial charge in [0, 0.05) is 41.4 Å². The molecular formula is C25H25N5O. The molecule has 6 nitrogen and oxygen atoms in total. The first-order chi connectivity index (χ1) is 15.3. The van der Waals surface area contributed by atoms with Gasteiger partial charge < -0.3 is 19.5 Å². The summed E-state index contributed by atoms with van der Waals surface area (Å²) in [5, 5.41) is 1.14. The summed E-state index contributed by atoms with van der Waals surface area (Å²) < 4.78 is 5.84. The fraction of sp³-hybridized carbons (Fsp3) is 0.280. The van der Waals surface area contributed by atoms with Gasteiger partial charge in [-0.05, 0) is 30.2 Å². The maximum absolute atomic E-state index is 5.84. The Labute approximate surface area is 181 Å². The van der Waals surface area contributed by atoms with Crippen LogP contribution in [0.25, 0.3) is 22.3 Å². The summed E-state index contributed by atoms with van der Waals surface area (Å²) >= 11 is 0. The number of benzene rings is 2. The summed E-state index contributed by atoms with van der Waals surface area (Å²) in [5.41, 5.74) is 5.79. The maximum atomic E-state index is 5.84. The van der Waals surface area contributed by atoms with E-state index in [4.69, 9.17) is 14.7 Å². The van der Waals surface area contributed by atoms with Gasteiger partial charge in [-0.2, -0.15) is 0 Å². The van der Waals surface area contributed by atoms with Crippen molar-refractivity contribution < 1.29 is 4.74 Å². The van der Waals surface area contributed by atoms with Crippen molar-refractivity contribution in [3.05, 3.63) is 66.5 Å². The number of rotatable bonds is 3. The number of fused-ring (bicyclic) bond motifs is 4. The molecule has 1 atom stereocenters. The molecule has 6 heteroatoms. The predicted molar refractivity (Wildman–Crippen MR) is 124 cm³/mol. The van der Waals surface area contributed by atoms with Crippen LogP contribution in [0.4, 0.5) is 17.2 Å². The number of para-hydroxylation sites is 1. The van der Waals surface area contributed by atoms with Crippen molar-refractivity contribution in [2.24, 2.45) is 0 Å². The largest absolute Gasteiger partial charge is 0.377 e. The first kappa shape index (κ1) is 18.4. The monoisotopic (exact) mass is 411 g/mol. The van der Waals surface area contributed by atoms with Crippen molar-refractivity contribution in [2.75, 3.05) is 36.1 Å². The Bertz CT molecular complexity index is 1250. The second kappa shape index (κ2) is 7.39. The van der Waals surface area contributed by atoms with E-state index in [-0.39, 0.29) is 6.04 Å². The Balaban J connectivity index is 1.52. The topological polar surface area (TPSA) is 57.3 Å². The highest BCUT2D eigenvalue weighted by Crippen LogP contribution is 2.41. The minimum Gasteiger partial charge on any atom is -0.377 e. The van der Waals surface area contributed by atoms with E-state index in [1.807, 2.05) is 12.4 Å². The number of aromatic amines is 1. The van der Waals surface area contributed by atoms with Crippen molar-refractivity contribution >= 4 is 28.1 Å². The summed E-state index contributed by atoms with van der Waals surface area (Å²) in [5.74, 6) is 1.77. The molecule has 1 N–H and O–H groups in total. The second-order valence-corrected chi connectivity index (χ2v) is 8.16. The van der Waals surface area contributed by atoms with Gasteiger partial charge in [0.25, 0.3) is 0 Å². The van der Waals surface area contributed by atoms with E-state index < -0.39 is 0 Å². The average molecular weight is 412 g/mol. The van der Waals surface area contributed by atoms with E-state index in [2.05, 4.69) is 70.2 Å². The Kier molecular flexibility index (Phi) is 4.39. The lowest BCUT2D eigenvalue weighted by atomic mass is 10.0. The Morgan fingerprint density at radius 1 is 1.10 bits per heavy atom. The normalized spacial score (nSPS) is 18.2. The van der Waals surface area contributed by atoms with Crippen LogP contribution >= 0.6 is 0 Å². The number of ether oxygens (including phenoxy) is 1. The molecule has 0 unspecified atom stereocenters. The number of aromatic nitrogens is 3. The Morgan fingerprint density at radius 3 is 2.97 bits per heavy atom. The molecule has 1 fully saturated rings. The van der Waals surface area contributed by atoms with Crippen LogP contribution in [0.2, 0.25) is 0 Å². The molecule has 4 heterocycles. The third-order valence-electron chi connectivity index (χ3n) is 6.43. The highest BCUT2D eigenvalue weighted by Gasteiger charge is 2.36. The van der Waals surface area contributed by atoms with Crippen molar-refractivity contribution in [2.45, 2.75) is 19.4 Å². The van der Waals surface area contributed by atoms with E-state index in [9.17, 15) is 0 Å². The molecule has 0 spiro atoms. The Morgan fingerprint density at radius 2 is 2.03 bits per heavy atom. The van der Waals surface area contributed by atoms with E-state index in [0.717, 1.165) is 66.5 Å². The highest BCUT2D eigenvalue weighted by atomic mass is 16.5. The molecule has 1 saturated heterocycles. The van der Waals surface area contributed by atoms with Crippen LogP contribution in [0.15, 0.2) is 60.9 Å². The number of hydrogen-bond acceptors (Lipinski definition) is 5. The lowest BCUT2D eigenvalue weighted by molar-refractivity contribution is 0.0945. The molecular weight excluding hydrogens is 386 g/mol. The molecule has 0 radical (unpaired) electrons. The van der Waals surface area contributed by atoms with Gasteiger partial charge in [0.1, 0.15) is 5.69 Å². The number of nitrogens with one attached hydrogen (secondary N) is 1. The average Bonchev–Trinajstić information content (AvgIpc) is 3.32. The molecule has 4 aromatic rings. The zero-order chi connectivity index (χ0) is 20.8. The fourth-order valence-electron chi connectivity index (χ4n) is 4.87. The van der Waals surface area contributed by atoms with E-state index in [1.54, 1.807) is 0 Å². The number of aryl methyl sites for hydroxylation is 1. The van der Waals surface area contributed by atoms with Crippen LogP contribution in [-0.4, -0.2) is 47.3 Å². The summed E-state index contributed by atoms with van der Waals surface area (Å²) in [4.78, 5) is 18.0. The number of H-pyrrole nitrogens is 1. The van der Waals surface area contributed by atoms with Crippen LogP contribution in [0, 0.1) is 0 Å². The third kappa shape index (κ3) is 2.98. The zero-order valence-electron chi connectivity index (χ0n) is 17.6. The summed E-state index contributed by atoms with van der Waals surface area (Å²) in [7, 11) is 0. The first-order valence-electron chi connectivity index (χ1n) is 11.0. The molecule has 6 rings (SSSR count). The van der Waals surface area contributed by atoms with E-state index in [0.29, 0.717) is 0 Å². The van der Waals surface area contributed by atoms with Gasteiger partial charge in [0.2, 0.25) is 0 Å². The number of morpholine rings is 1. The molecule has 2 aromatic carbocycles. The summed E-state index contributed by atoms with van der Waals surface area (Å²) in [6.07, 6.45) is 4.95. The molecule has 0 amide bonds. The van der Waals surface area contributed by atoms with Crippen LogP contribution < -0.4 is 9.80 Å². The first-order valence-corrected chi connectivity index (χ1v) is 11.0. The van der Waals surface area contributed by atoms with Gasteiger partial charge in [0.05, 0.1) is 25.5 Å². The van der Waals surface area contributed by atoms with E-state index in [1.165, 1.54) is 11.3 Å². The predicted octanol–water partition coefficient (Wildman–Crippen LogP) is 4.54. The second-order valence-electron chi connectivity index (χ2n) is 8.16. The molecule has 156 valence electrons. The number of nitrogens with zero attached hydrogens (tertiary/aromatic N) is 4. The lowest BCUT2D eigenvalue weighted by Gasteiger charge is -2.46. The molecule has 0 bridgehead atoms. The van der Waals surface area contributed by atoms with E-state index >= 15 is 0 Å². The summed E-state index contributed by atoms with van der Waals surface area (Å²) in [6.45, 7) is 5.38. The standard InChI is InChI=1S/C25H25N5O/c1-2-17-6-3-4-9-22(17)30-15-18-16-31-13-12-29(18)25-23(30)14-27-24(28-25)20-7-5-8-21-19(20)10-11-26-21/h3-11,14,18,26H,2,12-13,15-16H2,1H3/t18-/m1/s1. The van der Waals surface area contributed by atoms with Gasteiger partial charge in [-0.1, -0.05) is 37.3 Å². The quantitative estimate of drug-likeness (QED) is 0.536. The molecule has 2 aliphatic heterocycles. The van der Waals surface area contributed by atoms with Crippen LogP contribution in [0.5, 0.6) is 0 Å². The van der Waals surface area contributed by atoms with Crippen LogP contribution in [-0.2, 0) is 11.2 Å². The number of hydrogen-bond donors (Lipinski definition) is 1. The smallest absolute Gasteiger partial charge is 0.162 e. The minimum atomic E-state index is 0.275. The van der Waals surface area contributed by atoms with Gasteiger partial charge in [-0.3, -0.25) is 0 Å². The van der Waals surface area contributed by atoms with Crippen LogP contribution in [0.3, 0.4) is 0 Å². The highest BCUT2D eigenvalue weighted by molar-refractivity contribution is 5.94. The van der Waals surface area contributed by atoms with Gasteiger partial charge in [-0.15, -0.1) is 0 Å². The van der Waals surface area contributed by atoms with Crippen molar-refractivity contribution in [1.82, 2.24) is 15.0 Å². The lowest BCUT2D eigenvalue weighted by Crippen LogP contribution is -2.54. The molecule has 2 aromatic heterocycles. The Hall–Kier alpha value is -3.38. The van der Waals surface area contributed by atoms with Crippen molar-refractivity contribution in [3.8, 4) is 11.4 Å². The molecule has 2 aliphatic rings. The number of anilines is 3. The van der Waals surface area contributed by atoms with Gasteiger partial charge in [0.15, 0.2) is 11.6 Å². The van der Waals surface area contributed by atoms with Crippen LogP contribution in [0.1, 0.15) is 12.5 Å². The van der Waals surface area contributed by atoms with Crippen molar-refractivity contribution in [3.63, 3.8) is 0 Å². The van der Waals surface area contributed by atoms with Gasteiger partial charge >= 0.3 is 0 Å². The SMILES string of the molecule is CCc1ccccc1N1C[C@@H]2COCCN2c2nc(-c3cccc4[nH]ccc34)ncc21. The summed E-state index contributed by atoms with van der Waals surface area (Å²) in [6, 6.07) is 17.2. The third-order valence-corrected chi connectivity index (χ3v) is 6.43. The molecule has 0 aliphatic carbocycles. The van der Waals surface area contributed by atoms with Crippen molar-refractivity contribution in [1.29, 1.82) is 0 Å². The molecule has 0 saturated carbocycles. The molecule has 31 heavy (non-hydrogen) atoms. The minimum absolute atomic E-state index is 0.275.